The van der Waals surface area contributed by atoms with Crippen molar-refractivity contribution in [3.8, 4) is 22.9 Å². The van der Waals surface area contributed by atoms with Crippen molar-refractivity contribution in [1.29, 1.82) is 5.26 Å². The Bertz CT molecular complexity index is 1470. The van der Waals surface area contributed by atoms with E-state index in [0.717, 1.165) is 45.6 Å². The predicted molar refractivity (Wildman–Crippen MR) is 140 cm³/mol. The van der Waals surface area contributed by atoms with Gasteiger partial charge in [0, 0.05) is 46.8 Å². The van der Waals surface area contributed by atoms with Crippen LogP contribution in [0.3, 0.4) is 0 Å². The molecular weight excluding hydrogens is 434 g/mol. The van der Waals surface area contributed by atoms with Gasteiger partial charge in [0.1, 0.15) is 18.4 Å². The topological polar surface area (TPSA) is 99.8 Å². The van der Waals surface area contributed by atoms with Crippen LogP contribution in [0.25, 0.3) is 22.0 Å². The summed E-state index contributed by atoms with van der Waals surface area (Å²) in [6.45, 7) is 0.424. The Hall–Kier alpha value is -4.60. The summed E-state index contributed by atoms with van der Waals surface area (Å²) in [7, 11) is 0. The number of H-pyrrole nitrogens is 1. The summed E-state index contributed by atoms with van der Waals surface area (Å²) in [4.78, 5) is 7.51. The number of benzene rings is 3. The highest BCUT2D eigenvalue weighted by Gasteiger charge is 2.14. The number of pyridine rings is 1. The summed E-state index contributed by atoms with van der Waals surface area (Å²) in [5.74, 6) is 0.744. The minimum Gasteiger partial charge on any atom is -0.492 e. The van der Waals surface area contributed by atoms with E-state index in [1.54, 1.807) is 12.4 Å². The second-order valence-electron chi connectivity index (χ2n) is 8.38. The number of ether oxygens (including phenoxy) is 1. The molecule has 6 heteroatoms. The number of rotatable bonds is 8. The van der Waals surface area contributed by atoms with E-state index < -0.39 is 0 Å². The van der Waals surface area contributed by atoms with Gasteiger partial charge in [-0.05, 0) is 47.9 Å². The molecule has 0 aliphatic heterocycles. The van der Waals surface area contributed by atoms with Crippen LogP contribution in [-0.4, -0.2) is 22.6 Å². The van der Waals surface area contributed by atoms with Gasteiger partial charge in [-0.15, -0.1) is 0 Å². The Balaban J connectivity index is 1.34. The number of anilines is 2. The number of aromatic amines is 1. The van der Waals surface area contributed by atoms with Gasteiger partial charge in [-0.1, -0.05) is 48.5 Å². The maximum atomic E-state index is 9.74. The van der Waals surface area contributed by atoms with E-state index in [-0.39, 0.29) is 6.04 Å². The zero-order valence-corrected chi connectivity index (χ0v) is 19.1. The minimum atomic E-state index is -0.0967. The fourth-order valence-electron chi connectivity index (χ4n) is 4.14. The van der Waals surface area contributed by atoms with E-state index in [0.29, 0.717) is 12.2 Å². The summed E-state index contributed by atoms with van der Waals surface area (Å²) < 4.78 is 5.93. The molecule has 0 radical (unpaired) electrons. The molecule has 5 rings (SSSR count). The van der Waals surface area contributed by atoms with Crippen LogP contribution in [0.1, 0.15) is 11.1 Å². The van der Waals surface area contributed by atoms with Gasteiger partial charge in [0.05, 0.1) is 11.3 Å². The Morgan fingerprint density at radius 2 is 1.80 bits per heavy atom. The standard InChI is InChI=1S/C29H25N5O/c30-16-22-17-32-18-26(29(22)34-28-8-4-7-27-25(28)13-14-33-27)21-9-11-24(12-10-21)35-19-23(31)15-20-5-2-1-3-6-20/h1-14,17-18,23,33H,15,19,31H2,(H,32,34)/t23-/m0/s1. The quantitative estimate of drug-likeness (QED) is 0.273. The highest BCUT2D eigenvalue weighted by atomic mass is 16.5. The van der Waals surface area contributed by atoms with Crippen LogP contribution >= 0.6 is 0 Å². The molecule has 1 atom stereocenters. The minimum absolute atomic E-state index is 0.0967. The van der Waals surface area contributed by atoms with Crippen LogP contribution in [0.4, 0.5) is 11.4 Å². The lowest BCUT2D eigenvalue weighted by atomic mass is 10.0. The van der Waals surface area contributed by atoms with E-state index in [2.05, 4.69) is 33.5 Å². The monoisotopic (exact) mass is 459 g/mol. The molecule has 2 heterocycles. The van der Waals surface area contributed by atoms with Gasteiger partial charge in [0.25, 0.3) is 0 Å². The lowest BCUT2D eigenvalue weighted by Gasteiger charge is -2.16. The van der Waals surface area contributed by atoms with Gasteiger partial charge in [0.15, 0.2) is 0 Å². The van der Waals surface area contributed by atoms with Gasteiger partial charge in [0.2, 0.25) is 0 Å². The number of nitrogens with one attached hydrogen (secondary N) is 2. The summed E-state index contributed by atoms with van der Waals surface area (Å²) in [6.07, 6.45) is 6.01. The van der Waals surface area contributed by atoms with Crippen LogP contribution in [0.5, 0.6) is 5.75 Å². The first kappa shape index (κ1) is 22.2. The molecule has 0 saturated carbocycles. The van der Waals surface area contributed by atoms with Crippen molar-refractivity contribution in [3.63, 3.8) is 0 Å². The van der Waals surface area contributed by atoms with Crippen molar-refractivity contribution >= 4 is 22.3 Å². The van der Waals surface area contributed by atoms with Crippen molar-refractivity contribution in [2.45, 2.75) is 12.5 Å². The van der Waals surface area contributed by atoms with Crippen LogP contribution in [0, 0.1) is 11.3 Å². The number of hydrogen-bond acceptors (Lipinski definition) is 5. The molecule has 0 amide bonds. The Kier molecular flexibility index (Phi) is 6.42. The van der Waals surface area contributed by atoms with E-state index in [1.165, 1.54) is 5.56 Å². The number of fused-ring (bicyclic) bond motifs is 1. The molecule has 172 valence electrons. The number of aromatic nitrogens is 2. The molecule has 6 nitrogen and oxygen atoms in total. The normalized spacial score (nSPS) is 11.7. The number of nitriles is 1. The van der Waals surface area contributed by atoms with E-state index in [9.17, 15) is 5.26 Å². The molecule has 4 N–H and O–H groups in total. The van der Waals surface area contributed by atoms with Crippen molar-refractivity contribution in [3.05, 3.63) is 109 Å². The Morgan fingerprint density at radius 1 is 0.971 bits per heavy atom. The van der Waals surface area contributed by atoms with Crippen molar-refractivity contribution in [2.24, 2.45) is 5.73 Å². The van der Waals surface area contributed by atoms with Gasteiger partial charge in [-0.3, -0.25) is 4.98 Å². The predicted octanol–water partition coefficient (Wildman–Crippen LogP) is 5.79. The molecule has 0 aliphatic carbocycles. The van der Waals surface area contributed by atoms with Gasteiger partial charge in [-0.2, -0.15) is 5.26 Å². The fourth-order valence-corrected chi connectivity index (χ4v) is 4.14. The third-order valence-electron chi connectivity index (χ3n) is 5.89. The highest BCUT2D eigenvalue weighted by molar-refractivity contribution is 5.96. The SMILES string of the molecule is N#Cc1cncc(-c2ccc(OC[C@@H](N)Cc3ccccc3)cc2)c1Nc1cccc2[nH]ccc12. The second kappa shape index (κ2) is 10.1. The first-order valence-corrected chi connectivity index (χ1v) is 11.5. The van der Waals surface area contributed by atoms with Crippen LogP contribution < -0.4 is 15.8 Å². The molecular formula is C29H25N5O. The third-order valence-corrected chi connectivity index (χ3v) is 5.89. The molecule has 35 heavy (non-hydrogen) atoms. The summed E-state index contributed by atoms with van der Waals surface area (Å²) >= 11 is 0. The van der Waals surface area contributed by atoms with Gasteiger partial charge < -0.3 is 20.8 Å². The first-order valence-electron chi connectivity index (χ1n) is 11.5. The fraction of sp³-hybridized carbons (Fsp3) is 0.103. The summed E-state index contributed by atoms with van der Waals surface area (Å²) in [6, 6.07) is 28.1. The molecule has 0 fully saturated rings. The largest absolute Gasteiger partial charge is 0.492 e. The van der Waals surface area contributed by atoms with Crippen molar-refractivity contribution < 1.29 is 4.74 Å². The van der Waals surface area contributed by atoms with Crippen LogP contribution in [0.2, 0.25) is 0 Å². The first-order chi connectivity index (χ1) is 17.2. The maximum absolute atomic E-state index is 9.74. The zero-order chi connectivity index (χ0) is 24.0. The van der Waals surface area contributed by atoms with Crippen molar-refractivity contribution in [1.82, 2.24) is 9.97 Å². The summed E-state index contributed by atoms with van der Waals surface area (Å²) in [5.41, 5.74) is 12.4. The van der Waals surface area contributed by atoms with Gasteiger partial charge >= 0.3 is 0 Å². The molecule has 0 saturated heterocycles. The molecule has 2 aromatic heterocycles. The zero-order valence-electron chi connectivity index (χ0n) is 19.1. The molecule has 5 aromatic rings. The van der Waals surface area contributed by atoms with Crippen LogP contribution in [-0.2, 0) is 6.42 Å². The van der Waals surface area contributed by atoms with Crippen LogP contribution in [0.15, 0.2) is 97.5 Å². The number of nitrogens with two attached hydrogens (primary N) is 1. The van der Waals surface area contributed by atoms with Crippen molar-refractivity contribution in [2.75, 3.05) is 11.9 Å². The van der Waals surface area contributed by atoms with E-state index >= 15 is 0 Å². The molecule has 0 aliphatic rings. The third kappa shape index (κ3) is 5.01. The van der Waals surface area contributed by atoms with Gasteiger partial charge in [-0.25, -0.2) is 0 Å². The average Bonchev–Trinajstić information content (AvgIpc) is 3.39. The Morgan fingerprint density at radius 3 is 2.60 bits per heavy atom. The average molecular weight is 460 g/mol. The highest BCUT2D eigenvalue weighted by Crippen LogP contribution is 2.35. The summed E-state index contributed by atoms with van der Waals surface area (Å²) in [5, 5.41) is 14.3. The molecule has 3 aromatic carbocycles. The van der Waals surface area contributed by atoms with E-state index in [4.69, 9.17) is 10.5 Å². The smallest absolute Gasteiger partial charge is 0.119 e. The molecule has 0 bridgehead atoms. The van der Waals surface area contributed by atoms with E-state index in [1.807, 2.05) is 72.9 Å². The molecule has 0 unspecified atom stereocenters. The maximum Gasteiger partial charge on any atom is 0.119 e. The molecule has 0 spiro atoms. The lowest BCUT2D eigenvalue weighted by molar-refractivity contribution is 0.287. The number of nitrogens with zero attached hydrogens (tertiary/aromatic N) is 2. The second-order valence-corrected chi connectivity index (χ2v) is 8.38. The number of hydrogen-bond donors (Lipinski definition) is 3. The lowest BCUT2D eigenvalue weighted by Crippen LogP contribution is -2.30. The Labute approximate surface area is 204 Å².